The van der Waals surface area contributed by atoms with Crippen molar-refractivity contribution in [2.24, 2.45) is 0 Å². The SMILES string of the molecule is O=C1NS(=O)(=O)c2ccccc21.O=S(=O)([O-])CC[CH2][Na].[Na+]. The molecule has 21 heavy (non-hydrogen) atoms. The van der Waals surface area contributed by atoms with Crippen LogP contribution in [0.5, 0.6) is 0 Å². The van der Waals surface area contributed by atoms with Crippen molar-refractivity contribution in [3.63, 3.8) is 0 Å². The molecule has 0 fully saturated rings. The molecule has 0 atom stereocenters. The Morgan fingerprint density at radius 2 is 1.81 bits per heavy atom. The Bertz CT molecular complexity index is 702. The number of hydrogen-bond acceptors (Lipinski definition) is 6. The van der Waals surface area contributed by atoms with E-state index < -0.39 is 26.0 Å². The van der Waals surface area contributed by atoms with Crippen molar-refractivity contribution in [1.29, 1.82) is 0 Å². The summed E-state index contributed by atoms with van der Waals surface area (Å²) in [6.45, 7) is 0. The smallest absolute Gasteiger partial charge is 1.00 e. The van der Waals surface area contributed by atoms with Gasteiger partial charge in [0.25, 0.3) is 15.9 Å². The van der Waals surface area contributed by atoms with Crippen molar-refractivity contribution in [1.82, 2.24) is 4.72 Å². The number of hydrogen-bond donors (Lipinski definition) is 1. The van der Waals surface area contributed by atoms with Crippen LogP contribution in [0.2, 0.25) is 3.67 Å². The van der Waals surface area contributed by atoms with E-state index in [1.807, 2.05) is 4.72 Å². The number of amides is 1. The van der Waals surface area contributed by atoms with Crippen LogP contribution in [0, 0.1) is 0 Å². The average Bonchev–Trinajstić information content (AvgIpc) is 2.58. The monoisotopic (exact) mass is 351 g/mol. The first-order valence-corrected chi connectivity index (χ1v) is 10.2. The maximum atomic E-state index is 11.1. The number of benzene rings is 1. The second-order valence-corrected chi connectivity index (χ2v) is 8.22. The van der Waals surface area contributed by atoms with E-state index in [4.69, 9.17) is 0 Å². The zero-order valence-corrected chi connectivity index (χ0v) is 17.3. The summed E-state index contributed by atoms with van der Waals surface area (Å²) in [4.78, 5) is 11.1. The molecule has 1 aliphatic heterocycles. The van der Waals surface area contributed by atoms with Gasteiger partial charge < -0.3 is 0 Å². The number of fused-ring (bicyclic) bond motifs is 1. The molecule has 0 saturated carbocycles. The molecule has 0 bridgehead atoms. The van der Waals surface area contributed by atoms with Gasteiger partial charge in [-0.05, 0) is 12.1 Å². The third-order valence-corrected chi connectivity index (χ3v) is 5.28. The fourth-order valence-corrected chi connectivity index (χ4v) is 4.12. The molecule has 106 valence electrons. The van der Waals surface area contributed by atoms with E-state index in [0.717, 1.165) is 31.6 Å². The van der Waals surface area contributed by atoms with E-state index in [9.17, 15) is 26.2 Å². The van der Waals surface area contributed by atoms with Crippen LogP contribution in [0.1, 0.15) is 16.8 Å². The van der Waals surface area contributed by atoms with Gasteiger partial charge in [0.05, 0.1) is 5.56 Å². The molecule has 1 aromatic rings. The number of rotatable bonds is 3. The zero-order valence-electron chi connectivity index (χ0n) is 11.7. The van der Waals surface area contributed by atoms with Gasteiger partial charge in [0, 0.05) is 0 Å². The maximum Gasteiger partial charge on any atom is 1.00 e. The van der Waals surface area contributed by atoms with E-state index in [2.05, 4.69) is 0 Å². The molecule has 0 saturated heterocycles. The minimum atomic E-state index is -3.91. The van der Waals surface area contributed by atoms with Gasteiger partial charge in [0.1, 0.15) is 4.90 Å². The molecule has 1 heterocycles. The van der Waals surface area contributed by atoms with Gasteiger partial charge in [0.15, 0.2) is 0 Å². The van der Waals surface area contributed by atoms with E-state index in [1.165, 1.54) is 12.1 Å². The van der Waals surface area contributed by atoms with Crippen molar-refractivity contribution < 1.29 is 55.7 Å². The Labute approximate surface area is 163 Å². The van der Waals surface area contributed by atoms with Crippen LogP contribution in [-0.2, 0) is 20.1 Å². The topological polar surface area (TPSA) is 120 Å². The average molecular weight is 351 g/mol. The zero-order chi connectivity index (χ0) is 15.4. The Morgan fingerprint density at radius 1 is 1.24 bits per heavy atom. The van der Waals surface area contributed by atoms with Crippen molar-refractivity contribution in [3.8, 4) is 0 Å². The van der Waals surface area contributed by atoms with Gasteiger partial charge in [-0.2, -0.15) is 0 Å². The number of carbonyl (C=O) groups is 1. The second-order valence-electron chi connectivity index (χ2n) is 4.05. The van der Waals surface area contributed by atoms with Crippen LogP contribution >= 0.6 is 0 Å². The molecule has 0 unspecified atom stereocenters. The van der Waals surface area contributed by atoms with Gasteiger partial charge in [-0.15, -0.1) is 0 Å². The molecule has 0 radical (unpaired) electrons. The van der Waals surface area contributed by atoms with Crippen LogP contribution < -0.4 is 34.3 Å². The minimum absolute atomic E-state index is 0. The standard InChI is InChI=1S/C7H5NO3S.C3H7O3S.2Na/c9-7-5-3-1-2-4-6(5)12(10,11)8-7;1-2-3-7(4,5)6;;/h1-4H,(H,8,9);1-3H2,(H,4,5,6);;/q;;;+1/p-1. The molecule has 2 rings (SSSR count). The van der Waals surface area contributed by atoms with Crippen LogP contribution in [0.25, 0.3) is 0 Å². The van der Waals surface area contributed by atoms with Crippen LogP contribution in [0.3, 0.4) is 0 Å². The summed E-state index contributed by atoms with van der Waals surface area (Å²) in [6.07, 6.45) is 0.540. The minimum Gasteiger partial charge on any atom is 1.00 e. The summed E-state index contributed by atoms with van der Waals surface area (Å²) in [7, 11) is -7.47. The largest absolute Gasteiger partial charge is 1.00 e. The molecule has 0 aromatic heterocycles. The Kier molecular flexibility index (Phi) is 9.23. The summed E-state index contributed by atoms with van der Waals surface area (Å²) in [5.41, 5.74) is 0.220. The predicted octanol–water partition coefficient (Wildman–Crippen LogP) is -3.37. The Balaban J connectivity index is 0.000000397. The number of sulfonamides is 1. The summed E-state index contributed by atoms with van der Waals surface area (Å²) >= 11 is 0.979. The molecule has 1 N–H and O–H groups in total. The third kappa shape index (κ3) is 7.10. The Morgan fingerprint density at radius 3 is 2.24 bits per heavy atom. The van der Waals surface area contributed by atoms with Crippen LogP contribution in [0.4, 0.5) is 0 Å². The summed E-state index contributed by atoms with van der Waals surface area (Å²) < 4.78 is 54.6. The van der Waals surface area contributed by atoms with Crippen molar-refractivity contribution in [2.45, 2.75) is 15.0 Å². The van der Waals surface area contributed by atoms with E-state index in [0.29, 0.717) is 6.42 Å². The number of carbonyl (C=O) groups excluding carboxylic acids is 1. The maximum absolute atomic E-state index is 11.1. The van der Waals surface area contributed by atoms with Crippen molar-refractivity contribution in [3.05, 3.63) is 29.8 Å². The van der Waals surface area contributed by atoms with Gasteiger partial charge in [-0.3, -0.25) is 4.79 Å². The van der Waals surface area contributed by atoms with Crippen LogP contribution in [-0.4, -0.2) is 61.0 Å². The Hall–Kier alpha value is 0.550. The van der Waals surface area contributed by atoms with Gasteiger partial charge in [0.2, 0.25) is 0 Å². The first-order chi connectivity index (χ1) is 9.17. The second kappa shape index (κ2) is 8.99. The van der Waals surface area contributed by atoms with E-state index in [1.54, 1.807) is 12.1 Å². The molecule has 11 heteroatoms. The molecule has 0 aliphatic carbocycles. The van der Waals surface area contributed by atoms with E-state index in [-0.39, 0.29) is 45.8 Å². The van der Waals surface area contributed by atoms with E-state index >= 15 is 0 Å². The molecule has 1 amide bonds. The van der Waals surface area contributed by atoms with Gasteiger partial charge in [-0.25, -0.2) is 13.1 Å². The molecular weight excluding hydrogens is 340 g/mol. The normalized spacial score (nSPS) is 15.1. The summed E-state index contributed by atoms with van der Waals surface area (Å²) in [5.74, 6) is -0.734. The number of nitrogens with one attached hydrogen (secondary N) is 1. The third-order valence-electron chi connectivity index (χ3n) is 2.40. The fourth-order valence-electron chi connectivity index (χ4n) is 1.44. The summed E-state index contributed by atoms with van der Waals surface area (Å²) in [6, 6.07) is 6.09. The molecule has 1 aromatic carbocycles. The van der Waals surface area contributed by atoms with Gasteiger partial charge >= 0.3 is 96.4 Å². The molecular formula is C10H11NNa2O6S2. The summed E-state index contributed by atoms with van der Waals surface area (Å²) in [5, 5.41) is 0. The van der Waals surface area contributed by atoms with Crippen molar-refractivity contribution in [2.75, 3.05) is 5.75 Å². The fraction of sp³-hybridized carbons (Fsp3) is 0.300. The first-order valence-electron chi connectivity index (χ1n) is 5.77. The molecule has 7 nitrogen and oxygen atoms in total. The predicted molar refractivity (Wildman–Crippen MR) is 70.8 cm³/mol. The van der Waals surface area contributed by atoms with Crippen LogP contribution in [0.15, 0.2) is 29.2 Å². The molecule has 1 aliphatic rings. The first kappa shape index (κ1) is 21.6. The van der Waals surface area contributed by atoms with Crippen molar-refractivity contribution >= 4 is 54.0 Å². The quantitative estimate of drug-likeness (QED) is 0.448. The van der Waals surface area contributed by atoms with Gasteiger partial charge in [-0.1, -0.05) is 12.1 Å². The molecule has 0 spiro atoms.